The van der Waals surface area contributed by atoms with E-state index in [4.69, 9.17) is 4.74 Å². The first-order valence-corrected chi connectivity index (χ1v) is 8.56. The van der Waals surface area contributed by atoms with Crippen LogP contribution in [0.2, 0.25) is 0 Å². The minimum atomic E-state index is 0. The number of hydrogen-bond acceptors (Lipinski definition) is 3. The van der Waals surface area contributed by atoms with E-state index in [0.29, 0.717) is 18.7 Å². The highest BCUT2D eigenvalue weighted by Crippen LogP contribution is 2.42. The molecule has 2 atom stereocenters. The van der Waals surface area contributed by atoms with Crippen LogP contribution in [0.25, 0.3) is 0 Å². The number of aromatic nitrogens is 1. The zero-order valence-electron chi connectivity index (χ0n) is 15.2. The molecule has 136 valence electrons. The van der Waals surface area contributed by atoms with E-state index in [1.807, 2.05) is 18.2 Å². The van der Waals surface area contributed by atoms with Gasteiger partial charge in [-0.25, -0.2) is 0 Å². The monoisotopic (exact) mass is 446 g/mol. The highest BCUT2D eigenvalue weighted by Gasteiger charge is 2.49. The number of halogens is 1. The summed E-state index contributed by atoms with van der Waals surface area (Å²) in [6, 6.07) is 6.30. The Kier molecular flexibility index (Phi) is 8.97. The fourth-order valence-electron chi connectivity index (χ4n) is 2.82. The Balaban J connectivity index is 0.00000288. The first-order valence-electron chi connectivity index (χ1n) is 8.56. The van der Waals surface area contributed by atoms with Gasteiger partial charge in [0.25, 0.3) is 0 Å². The molecule has 1 aliphatic carbocycles. The lowest BCUT2D eigenvalue weighted by molar-refractivity contribution is -0.113. The first-order chi connectivity index (χ1) is 11.1. The van der Waals surface area contributed by atoms with Gasteiger partial charge in [0, 0.05) is 31.3 Å². The van der Waals surface area contributed by atoms with Gasteiger partial charge in [0.15, 0.2) is 5.96 Å². The van der Waals surface area contributed by atoms with Crippen LogP contribution >= 0.6 is 24.0 Å². The molecule has 24 heavy (non-hydrogen) atoms. The van der Waals surface area contributed by atoms with Crippen LogP contribution in [0, 0.1) is 5.41 Å². The normalized spacial score (nSPS) is 22.2. The Morgan fingerprint density at radius 1 is 1.42 bits per heavy atom. The van der Waals surface area contributed by atoms with Crippen LogP contribution < -0.4 is 10.6 Å². The molecule has 6 heteroatoms. The van der Waals surface area contributed by atoms with Crippen molar-refractivity contribution in [2.45, 2.75) is 58.7 Å². The third-order valence-corrected chi connectivity index (χ3v) is 4.69. The summed E-state index contributed by atoms with van der Waals surface area (Å²) in [5.41, 5.74) is 1.13. The molecule has 0 spiro atoms. The summed E-state index contributed by atoms with van der Waals surface area (Å²) >= 11 is 0. The number of nitrogens with zero attached hydrogens (tertiary/aromatic N) is 2. The summed E-state index contributed by atoms with van der Waals surface area (Å²) in [7, 11) is 1.80. The maximum Gasteiger partial charge on any atom is 0.191 e. The van der Waals surface area contributed by atoms with E-state index in [0.717, 1.165) is 31.1 Å². The Labute approximate surface area is 163 Å². The largest absolute Gasteiger partial charge is 0.378 e. The van der Waals surface area contributed by atoms with Crippen LogP contribution in [0.1, 0.15) is 45.7 Å². The fourth-order valence-corrected chi connectivity index (χ4v) is 2.82. The van der Waals surface area contributed by atoms with E-state index in [9.17, 15) is 0 Å². The van der Waals surface area contributed by atoms with Crippen molar-refractivity contribution in [1.82, 2.24) is 15.6 Å². The molecule has 1 fully saturated rings. The summed E-state index contributed by atoms with van der Waals surface area (Å²) in [4.78, 5) is 8.63. The number of ether oxygens (including phenoxy) is 1. The summed E-state index contributed by atoms with van der Waals surface area (Å²) < 4.78 is 6.00. The SMILES string of the molecule is CCCCOC1CC(NC(=NC)NCc2ccccn2)C1(C)C.I. The van der Waals surface area contributed by atoms with Crippen molar-refractivity contribution in [2.24, 2.45) is 10.4 Å². The average molecular weight is 446 g/mol. The third-order valence-electron chi connectivity index (χ3n) is 4.69. The molecule has 5 nitrogen and oxygen atoms in total. The van der Waals surface area contributed by atoms with Gasteiger partial charge in [0.2, 0.25) is 0 Å². The zero-order valence-corrected chi connectivity index (χ0v) is 17.5. The van der Waals surface area contributed by atoms with Crippen molar-refractivity contribution in [2.75, 3.05) is 13.7 Å². The molecular formula is C18H31IN4O. The van der Waals surface area contributed by atoms with Crippen LogP contribution in [0.3, 0.4) is 0 Å². The molecule has 0 aromatic carbocycles. The van der Waals surface area contributed by atoms with Gasteiger partial charge < -0.3 is 15.4 Å². The van der Waals surface area contributed by atoms with Crippen LogP contribution in [0.5, 0.6) is 0 Å². The third kappa shape index (κ3) is 5.58. The summed E-state index contributed by atoms with van der Waals surface area (Å²) in [5.74, 6) is 0.820. The number of nitrogens with one attached hydrogen (secondary N) is 2. The lowest BCUT2D eigenvalue weighted by atomic mass is 9.64. The van der Waals surface area contributed by atoms with Gasteiger partial charge in [-0.05, 0) is 25.0 Å². The fraction of sp³-hybridized carbons (Fsp3) is 0.667. The van der Waals surface area contributed by atoms with Crippen LogP contribution in [0.4, 0.5) is 0 Å². The molecule has 2 rings (SSSR count). The molecule has 1 saturated carbocycles. The lowest BCUT2D eigenvalue weighted by Crippen LogP contribution is -2.63. The molecule has 1 aliphatic rings. The number of guanidine groups is 1. The van der Waals surface area contributed by atoms with E-state index in [1.54, 1.807) is 13.2 Å². The second-order valence-electron chi connectivity index (χ2n) is 6.71. The van der Waals surface area contributed by atoms with E-state index >= 15 is 0 Å². The Hall–Kier alpha value is -0.890. The van der Waals surface area contributed by atoms with Gasteiger partial charge in [0.1, 0.15) is 0 Å². The van der Waals surface area contributed by atoms with Crippen molar-refractivity contribution >= 4 is 29.9 Å². The number of pyridine rings is 1. The Morgan fingerprint density at radius 3 is 2.79 bits per heavy atom. The number of aliphatic imine (C=N–C) groups is 1. The van der Waals surface area contributed by atoms with Crippen molar-refractivity contribution in [3.63, 3.8) is 0 Å². The van der Waals surface area contributed by atoms with E-state index in [-0.39, 0.29) is 29.4 Å². The summed E-state index contributed by atoms with van der Waals surface area (Å²) in [6.07, 6.45) is 5.48. The lowest BCUT2D eigenvalue weighted by Gasteiger charge is -2.52. The van der Waals surface area contributed by atoms with Gasteiger partial charge in [-0.1, -0.05) is 33.3 Å². The maximum atomic E-state index is 6.00. The predicted molar refractivity (Wildman–Crippen MR) is 110 cm³/mol. The number of rotatable bonds is 7. The summed E-state index contributed by atoms with van der Waals surface area (Å²) in [5, 5.41) is 6.84. The molecule has 0 aliphatic heterocycles. The second-order valence-corrected chi connectivity index (χ2v) is 6.71. The second kappa shape index (κ2) is 10.2. The molecule has 1 aromatic rings. The highest BCUT2D eigenvalue weighted by molar-refractivity contribution is 14.0. The van der Waals surface area contributed by atoms with E-state index in [1.165, 1.54) is 6.42 Å². The quantitative estimate of drug-likeness (QED) is 0.292. The molecule has 0 radical (unpaired) electrons. The van der Waals surface area contributed by atoms with Crippen molar-refractivity contribution < 1.29 is 4.74 Å². The van der Waals surface area contributed by atoms with Crippen LogP contribution in [-0.2, 0) is 11.3 Å². The minimum Gasteiger partial charge on any atom is -0.378 e. The Bertz CT molecular complexity index is 507. The standard InChI is InChI=1S/C18H30N4O.HI/c1-5-6-11-23-16-12-15(18(16,2)3)22-17(19-4)21-13-14-9-7-8-10-20-14;/h7-10,15-16H,5-6,11-13H2,1-4H3,(H2,19,21,22);1H. The van der Waals surface area contributed by atoms with Crippen molar-refractivity contribution in [1.29, 1.82) is 0 Å². The van der Waals surface area contributed by atoms with Gasteiger partial charge in [-0.2, -0.15) is 0 Å². The molecule has 2 N–H and O–H groups in total. The molecule has 0 amide bonds. The van der Waals surface area contributed by atoms with E-state index in [2.05, 4.69) is 41.4 Å². The van der Waals surface area contributed by atoms with Gasteiger partial charge in [-0.3, -0.25) is 9.98 Å². The molecule has 2 unspecified atom stereocenters. The van der Waals surface area contributed by atoms with Gasteiger partial charge >= 0.3 is 0 Å². The molecule has 0 bridgehead atoms. The first kappa shape index (κ1) is 21.2. The number of unbranched alkanes of at least 4 members (excludes halogenated alkanes) is 1. The smallest absolute Gasteiger partial charge is 0.191 e. The van der Waals surface area contributed by atoms with Gasteiger partial charge in [-0.15, -0.1) is 24.0 Å². The predicted octanol–water partition coefficient (Wildman–Crippen LogP) is 3.35. The van der Waals surface area contributed by atoms with Crippen LogP contribution in [0.15, 0.2) is 29.4 Å². The van der Waals surface area contributed by atoms with E-state index < -0.39 is 0 Å². The molecule has 0 saturated heterocycles. The minimum absolute atomic E-state index is 0. The van der Waals surface area contributed by atoms with Gasteiger partial charge in [0.05, 0.1) is 18.3 Å². The summed E-state index contributed by atoms with van der Waals surface area (Å²) in [6.45, 7) is 8.25. The average Bonchev–Trinajstić information content (AvgIpc) is 2.57. The number of hydrogen-bond donors (Lipinski definition) is 2. The van der Waals surface area contributed by atoms with Crippen molar-refractivity contribution in [3.8, 4) is 0 Å². The molecule has 1 heterocycles. The van der Waals surface area contributed by atoms with Crippen LogP contribution in [-0.4, -0.2) is 36.7 Å². The molecule has 1 aromatic heterocycles. The maximum absolute atomic E-state index is 6.00. The zero-order chi connectivity index (χ0) is 16.7. The highest BCUT2D eigenvalue weighted by atomic mass is 127. The Morgan fingerprint density at radius 2 is 2.21 bits per heavy atom. The van der Waals surface area contributed by atoms with Crippen molar-refractivity contribution in [3.05, 3.63) is 30.1 Å². The topological polar surface area (TPSA) is 58.5 Å². The molecular weight excluding hydrogens is 415 g/mol.